The van der Waals surface area contributed by atoms with Crippen LogP contribution < -0.4 is 0 Å². The molecule has 1 aromatic rings. The summed E-state index contributed by atoms with van der Waals surface area (Å²) in [7, 11) is 0. The summed E-state index contributed by atoms with van der Waals surface area (Å²) in [5.74, 6) is -2.04. The van der Waals surface area contributed by atoms with E-state index in [-0.39, 0.29) is 17.9 Å². The Morgan fingerprint density at radius 1 is 1.41 bits per heavy atom. The van der Waals surface area contributed by atoms with Crippen molar-refractivity contribution in [1.82, 2.24) is 4.90 Å². The van der Waals surface area contributed by atoms with Crippen LogP contribution in [0.2, 0.25) is 0 Å². The summed E-state index contributed by atoms with van der Waals surface area (Å²) in [5, 5.41) is 0. The SMILES string of the molecule is CC1CCCN1CC(=O)c1ccc(F)c(F)c1. The zero-order chi connectivity index (χ0) is 12.4. The van der Waals surface area contributed by atoms with E-state index in [1.807, 2.05) is 0 Å². The molecule has 2 nitrogen and oxygen atoms in total. The molecule has 1 aliphatic heterocycles. The summed E-state index contributed by atoms with van der Waals surface area (Å²) in [6.45, 7) is 3.26. The molecule has 1 heterocycles. The fraction of sp³-hybridized carbons (Fsp3) is 0.462. The average Bonchev–Trinajstić information content (AvgIpc) is 2.68. The maximum absolute atomic E-state index is 13.0. The van der Waals surface area contributed by atoms with Gasteiger partial charge in [-0.3, -0.25) is 9.69 Å². The van der Waals surface area contributed by atoms with Gasteiger partial charge in [-0.15, -0.1) is 0 Å². The highest BCUT2D eigenvalue weighted by Gasteiger charge is 2.23. The monoisotopic (exact) mass is 239 g/mol. The number of halogens is 2. The molecule has 0 bridgehead atoms. The van der Waals surface area contributed by atoms with Gasteiger partial charge in [0.2, 0.25) is 0 Å². The molecule has 0 saturated carbocycles. The van der Waals surface area contributed by atoms with Crippen LogP contribution in [-0.4, -0.2) is 29.8 Å². The number of likely N-dealkylation sites (tertiary alicyclic amines) is 1. The Hall–Kier alpha value is -1.29. The third kappa shape index (κ3) is 2.69. The predicted molar refractivity (Wildman–Crippen MR) is 61.0 cm³/mol. The first kappa shape index (κ1) is 12.2. The lowest BCUT2D eigenvalue weighted by Gasteiger charge is -2.19. The molecular formula is C13H15F2NO. The number of hydrogen-bond acceptors (Lipinski definition) is 2. The lowest BCUT2D eigenvalue weighted by atomic mass is 10.1. The molecule has 1 saturated heterocycles. The highest BCUT2D eigenvalue weighted by molar-refractivity contribution is 5.97. The topological polar surface area (TPSA) is 20.3 Å². The second-order valence-corrected chi connectivity index (χ2v) is 4.51. The third-order valence-corrected chi connectivity index (χ3v) is 3.28. The number of ketones is 1. The summed E-state index contributed by atoms with van der Waals surface area (Å²) >= 11 is 0. The Morgan fingerprint density at radius 3 is 2.76 bits per heavy atom. The molecule has 1 fully saturated rings. The predicted octanol–water partition coefficient (Wildman–Crippen LogP) is 2.63. The van der Waals surface area contributed by atoms with Crippen LogP contribution in [0.25, 0.3) is 0 Å². The van der Waals surface area contributed by atoms with Crippen molar-refractivity contribution in [2.75, 3.05) is 13.1 Å². The van der Waals surface area contributed by atoms with E-state index in [0.29, 0.717) is 6.04 Å². The molecule has 0 amide bonds. The molecule has 0 radical (unpaired) electrons. The number of carbonyl (C=O) groups excluding carboxylic acids is 1. The Kier molecular flexibility index (Phi) is 3.52. The van der Waals surface area contributed by atoms with Gasteiger partial charge in [0.1, 0.15) is 0 Å². The molecule has 2 rings (SSSR count). The van der Waals surface area contributed by atoms with Crippen molar-refractivity contribution in [3.63, 3.8) is 0 Å². The summed E-state index contributed by atoms with van der Waals surface area (Å²) in [6, 6.07) is 3.69. The van der Waals surface area contributed by atoms with Gasteiger partial charge in [-0.1, -0.05) is 0 Å². The minimum atomic E-state index is -0.967. The first-order valence-corrected chi connectivity index (χ1v) is 5.80. The van der Waals surface area contributed by atoms with Gasteiger partial charge in [0, 0.05) is 11.6 Å². The number of carbonyl (C=O) groups is 1. The first-order valence-electron chi connectivity index (χ1n) is 5.80. The van der Waals surface area contributed by atoms with Crippen LogP contribution in [-0.2, 0) is 0 Å². The van der Waals surface area contributed by atoms with Crippen LogP contribution in [0.5, 0.6) is 0 Å². The van der Waals surface area contributed by atoms with E-state index in [2.05, 4.69) is 11.8 Å². The minimum Gasteiger partial charge on any atom is -0.293 e. The first-order chi connectivity index (χ1) is 8.08. The highest BCUT2D eigenvalue weighted by atomic mass is 19.2. The van der Waals surface area contributed by atoms with E-state index in [1.54, 1.807) is 0 Å². The average molecular weight is 239 g/mol. The molecule has 0 aliphatic carbocycles. The molecule has 0 spiro atoms. The van der Waals surface area contributed by atoms with Crippen molar-refractivity contribution < 1.29 is 13.6 Å². The Balaban J connectivity index is 2.06. The van der Waals surface area contributed by atoms with Crippen LogP contribution in [0.3, 0.4) is 0 Å². The molecule has 1 aromatic carbocycles. The molecule has 17 heavy (non-hydrogen) atoms. The van der Waals surface area contributed by atoms with Crippen molar-refractivity contribution >= 4 is 5.78 Å². The third-order valence-electron chi connectivity index (χ3n) is 3.28. The molecule has 1 atom stereocenters. The fourth-order valence-corrected chi connectivity index (χ4v) is 2.17. The molecule has 1 aliphatic rings. The van der Waals surface area contributed by atoms with Gasteiger partial charge >= 0.3 is 0 Å². The molecular weight excluding hydrogens is 224 g/mol. The van der Waals surface area contributed by atoms with E-state index in [1.165, 1.54) is 6.07 Å². The quantitative estimate of drug-likeness (QED) is 0.756. The number of rotatable bonds is 3. The second kappa shape index (κ2) is 4.92. The zero-order valence-corrected chi connectivity index (χ0v) is 9.75. The van der Waals surface area contributed by atoms with Gasteiger partial charge in [-0.25, -0.2) is 8.78 Å². The summed E-state index contributed by atoms with van der Waals surface area (Å²) in [5.41, 5.74) is 0.239. The van der Waals surface area contributed by atoms with Gasteiger partial charge in [0.15, 0.2) is 17.4 Å². The van der Waals surface area contributed by atoms with Gasteiger partial charge in [0.05, 0.1) is 6.54 Å². The maximum atomic E-state index is 13.0. The number of nitrogens with zero attached hydrogens (tertiary/aromatic N) is 1. The van der Waals surface area contributed by atoms with Crippen LogP contribution in [0.4, 0.5) is 8.78 Å². The second-order valence-electron chi connectivity index (χ2n) is 4.51. The van der Waals surface area contributed by atoms with E-state index in [0.717, 1.165) is 31.5 Å². The molecule has 4 heteroatoms. The Bertz CT molecular complexity index is 433. The number of benzene rings is 1. The Morgan fingerprint density at radius 2 is 2.18 bits per heavy atom. The van der Waals surface area contributed by atoms with Crippen LogP contribution >= 0.6 is 0 Å². The largest absolute Gasteiger partial charge is 0.293 e. The van der Waals surface area contributed by atoms with Crippen LogP contribution in [0.15, 0.2) is 18.2 Å². The normalized spacial score (nSPS) is 20.8. The molecule has 0 aromatic heterocycles. The minimum absolute atomic E-state index is 0.155. The standard InChI is InChI=1S/C13H15F2NO/c1-9-3-2-6-16(9)8-13(17)10-4-5-11(14)12(15)7-10/h4-5,7,9H,2-3,6,8H2,1H3. The summed E-state index contributed by atoms with van der Waals surface area (Å²) in [6.07, 6.45) is 2.18. The van der Waals surface area contributed by atoms with E-state index < -0.39 is 11.6 Å². The van der Waals surface area contributed by atoms with Gasteiger partial charge in [0.25, 0.3) is 0 Å². The molecule has 92 valence electrons. The zero-order valence-electron chi connectivity index (χ0n) is 9.75. The van der Waals surface area contributed by atoms with Gasteiger partial charge in [-0.2, -0.15) is 0 Å². The van der Waals surface area contributed by atoms with E-state index in [4.69, 9.17) is 0 Å². The lowest BCUT2D eigenvalue weighted by molar-refractivity contribution is 0.0926. The highest BCUT2D eigenvalue weighted by Crippen LogP contribution is 2.17. The van der Waals surface area contributed by atoms with Gasteiger partial charge < -0.3 is 0 Å². The number of hydrogen-bond donors (Lipinski definition) is 0. The fourth-order valence-electron chi connectivity index (χ4n) is 2.17. The van der Waals surface area contributed by atoms with Crippen molar-refractivity contribution in [2.45, 2.75) is 25.8 Å². The Labute approximate surface area is 99.2 Å². The van der Waals surface area contributed by atoms with E-state index >= 15 is 0 Å². The summed E-state index contributed by atoms with van der Waals surface area (Å²) < 4.78 is 25.7. The van der Waals surface area contributed by atoms with Crippen molar-refractivity contribution in [3.8, 4) is 0 Å². The van der Waals surface area contributed by atoms with Gasteiger partial charge in [-0.05, 0) is 44.5 Å². The molecule has 0 N–H and O–H groups in total. The van der Waals surface area contributed by atoms with Crippen molar-refractivity contribution in [2.24, 2.45) is 0 Å². The summed E-state index contributed by atoms with van der Waals surface area (Å²) in [4.78, 5) is 14.0. The maximum Gasteiger partial charge on any atom is 0.176 e. The lowest BCUT2D eigenvalue weighted by Crippen LogP contribution is -2.32. The van der Waals surface area contributed by atoms with Crippen molar-refractivity contribution in [1.29, 1.82) is 0 Å². The van der Waals surface area contributed by atoms with E-state index in [9.17, 15) is 13.6 Å². The number of Topliss-reactive ketones (excluding diaryl/α,β-unsaturated/α-hetero) is 1. The van der Waals surface area contributed by atoms with Crippen LogP contribution in [0, 0.1) is 11.6 Å². The van der Waals surface area contributed by atoms with Crippen molar-refractivity contribution in [3.05, 3.63) is 35.4 Å². The molecule has 1 unspecified atom stereocenters. The smallest absolute Gasteiger partial charge is 0.176 e. The van der Waals surface area contributed by atoms with Crippen LogP contribution in [0.1, 0.15) is 30.1 Å².